The van der Waals surface area contributed by atoms with E-state index in [1.807, 2.05) is 41.2 Å². The molecule has 0 saturated heterocycles. The number of hydrogen-bond donors (Lipinski definition) is 1. The van der Waals surface area contributed by atoms with Crippen molar-refractivity contribution in [2.45, 2.75) is 0 Å². The van der Waals surface area contributed by atoms with E-state index in [9.17, 15) is 9.59 Å². The lowest BCUT2D eigenvalue weighted by atomic mass is 10.2. The van der Waals surface area contributed by atoms with Crippen LogP contribution in [0.5, 0.6) is 11.5 Å². The number of ether oxygens (including phenoxy) is 2. The molecule has 1 N–H and O–H groups in total. The summed E-state index contributed by atoms with van der Waals surface area (Å²) in [7, 11) is 1.53. The standard InChI is InChI=1S/C26H21N3O4/c1-32-23-9-6-8-20(17-23)26(31)33-24-10-3-2-7-21(24)18-27-28-25(30)19-11-13-22(14-12-19)29-15-4-5-16-29/h2-18H,1H3,(H,28,30). The minimum atomic E-state index is -0.526. The highest BCUT2D eigenvalue weighted by Gasteiger charge is 2.12. The fourth-order valence-electron chi connectivity index (χ4n) is 3.11. The molecular weight excluding hydrogens is 418 g/mol. The molecule has 164 valence electrons. The SMILES string of the molecule is COc1cccc(C(=O)Oc2ccccc2C=NNC(=O)c2ccc(-n3cccc3)cc2)c1. The zero-order valence-corrected chi connectivity index (χ0v) is 17.8. The van der Waals surface area contributed by atoms with Crippen LogP contribution >= 0.6 is 0 Å². The number of nitrogens with one attached hydrogen (secondary N) is 1. The molecule has 7 heteroatoms. The molecule has 4 rings (SSSR count). The van der Waals surface area contributed by atoms with E-state index in [0.29, 0.717) is 28.2 Å². The number of esters is 1. The maximum Gasteiger partial charge on any atom is 0.343 e. The summed E-state index contributed by atoms with van der Waals surface area (Å²) in [6.45, 7) is 0. The molecule has 0 fully saturated rings. The topological polar surface area (TPSA) is 81.9 Å². The van der Waals surface area contributed by atoms with E-state index in [0.717, 1.165) is 5.69 Å². The number of hydrogen-bond acceptors (Lipinski definition) is 5. The van der Waals surface area contributed by atoms with Crippen LogP contribution in [0, 0.1) is 0 Å². The van der Waals surface area contributed by atoms with Crippen LogP contribution in [0.2, 0.25) is 0 Å². The lowest BCUT2D eigenvalue weighted by Crippen LogP contribution is -2.17. The highest BCUT2D eigenvalue weighted by Crippen LogP contribution is 2.19. The molecule has 0 spiro atoms. The van der Waals surface area contributed by atoms with Crippen LogP contribution in [0.25, 0.3) is 5.69 Å². The second-order valence-corrected chi connectivity index (χ2v) is 7.00. The van der Waals surface area contributed by atoms with Crippen LogP contribution in [0.15, 0.2) is 102 Å². The van der Waals surface area contributed by atoms with E-state index in [1.54, 1.807) is 60.7 Å². The third-order valence-corrected chi connectivity index (χ3v) is 4.83. The normalized spacial score (nSPS) is 10.7. The van der Waals surface area contributed by atoms with Crippen molar-refractivity contribution in [1.82, 2.24) is 9.99 Å². The number of rotatable bonds is 7. The Morgan fingerprint density at radius 3 is 2.39 bits per heavy atom. The fraction of sp³-hybridized carbons (Fsp3) is 0.0385. The van der Waals surface area contributed by atoms with E-state index < -0.39 is 5.97 Å². The first kappa shape index (κ1) is 21.6. The predicted molar refractivity (Wildman–Crippen MR) is 125 cm³/mol. The number of benzene rings is 3. The largest absolute Gasteiger partial charge is 0.497 e. The maximum absolute atomic E-state index is 12.5. The molecule has 1 amide bonds. The Hall–Kier alpha value is -4.65. The molecule has 1 heterocycles. The van der Waals surface area contributed by atoms with Crippen LogP contribution in [-0.2, 0) is 0 Å². The van der Waals surface area contributed by atoms with Gasteiger partial charge in [0.05, 0.1) is 18.9 Å². The molecule has 0 atom stereocenters. The van der Waals surface area contributed by atoms with Crippen molar-refractivity contribution in [1.29, 1.82) is 0 Å². The monoisotopic (exact) mass is 439 g/mol. The lowest BCUT2D eigenvalue weighted by Gasteiger charge is -2.08. The molecule has 33 heavy (non-hydrogen) atoms. The predicted octanol–water partition coefficient (Wildman–Crippen LogP) is 4.47. The molecule has 0 aliphatic carbocycles. The van der Waals surface area contributed by atoms with Crippen molar-refractivity contribution in [3.8, 4) is 17.2 Å². The van der Waals surface area contributed by atoms with Gasteiger partial charge in [0, 0.05) is 29.2 Å². The van der Waals surface area contributed by atoms with Gasteiger partial charge in [0.25, 0.3) is 5.91 Å². The number of nitrogens with zero attached hydrogens (tertiary/aromatic N) is 2. The second-order valence-electron chi connectivity index (χ2n) is 7.00. The summed E-state index contributed by atoms with van der Waals surface area (Å²) in [5.74, 6) is 0.000488. The van der Waals surface area contributed by atoms with Gasteiger partial charge in [0.2, 0.25) is 0 Å². The molecule has 0 bridgehead atoms. The van der Waals surface area contributed by atoms with Crippen molar-refractivity contribution in [2.75, 3.05) is 7.11 Å². The summed E-state index contributed by atoms with van der Waals surface area (Å²) in [5.41, 5.74) is 4.82. The van der Waals surface area contributed by atoms with Crippen LogP contribution in [-0.4, -0.2) is 29.8 Å². The van der Waals surface area contributed by atoms with Crippen molar-refractivity contribution in [3.05, 3.63) is 114 Å². The van der Waals surface area contributed by atoms with Crippen molar-refractivity contribution < 1.29 is 19.1 Å². The minimum Gasteiger partial charge on any atom is -0.497 e. The molecule has 0 saturated carbocycles. The first-order valence-electron chi connectivity index (χ1n) is 10.2. The summed E-state index contributed by atoms with van der Waals surface area (Å²) in [6, 6.07) is 24.6. The van der Waals surface area contributed by atoms with E-state index in [4.69, 9.17) is 9.47 Å². The first-order chi connectivity index (χ1) is 16.1. The summed E-state index contributed by atoms with van der Waals surface area (Å²) in [6.07, 6.45) is 5.29. The van der Waals surface area contributed by atoms with Crippen molar-refractivity contribution in [3.63, 3.8) is 0 Å². The number of hydrazone groups is 1. The van der Waals surface area contributed by atoms with Gasteiger partial charge in [-0.1, -0.05) is 18.2 Å². The quantitative estimate of drug-likeness (QED) is 0.199. The molecule has 0 aliphatic heterocycles. The Morgan fingerprint density at radius 1 is 0.879 bits per heavy atom. The van der Waals surface area contributed by atoms with Crippen LogP contribution in [0.4, 0.5) is 0 Å². The van der Waals surface area contributed by atoms with Gasteiger partial charge in [-0.15, -0.1) is 0 Å². The Morgan fingerprint density at radius 2 is 1.64 bits per heavy atom. The molecule has 0 radical (unpaired) electrons. The number of para-hydroxylation sites is 1. The van der Waals surface area contributed by atoms with Gasteiger partial charge in [-0.2, -0.15) is 5.10 Å². The van der Waals surface area contributed by atoms with Crippen LogP contribution in [0.3, 0.4) is 0 Å². The summed E-state index contributed by atoms with van der Waals surface area (Å²) >= 11 is 0. The lowest BCUT2D eigenvalue weighted by molar-refractivity contribution is 0.0733. The number of amides is 1. The number of carbonyl (C=O) groups is 2. The highest BCUT2D eigenvalue weighted by molar-refractivity contribution is 5.96. The molecular formula is C26H21N3O4. The van der Waals surface area contributed by atoms with Gasteiger partial charge in [-0.25, -0.2) is 10.2 Å². The Balaban J connectivity index is 1.41. The van der Waals surface area contributed by atoms with Crippen molar-refractivity contribution in [2.24, 2.45) is 5.10 Å². The molecule has 3 aromatic carbocycles. The smallest absolute Gasteiger partial charge is 0.343 e. The zero-order chi connectivity index (χ0) is 23.0. The van der Waals surface area contributed by atoms with Gasteiger partial charge in [0.15, 0.2) is 0 Å². The third kappa shape index (κ3) is 5.34. The van der Waals surface area contributed by atoms with E-state index in [1.165, 1.54) is 13.3 Å². The Kier molecular flexibility index (Phi) is 6.61. The van der Waals surface area contributed by atoms with E-state index in [2.05, 4.69) is 10.5 Å². The highest BCUT2D eigenvalue weighted by atomic mass is 16.5. The van der Waals surface area contributed by atoms with E-state index in [-0.39, 0.29) is 5.91 Å². The van der Waals surface area contributed by atoms with Gasteiger partial charge in [0.1, 0.15) is 11.5 Å². The van der Waals surface area contributed by atoms with Crippen molar-refractivity contribution >= 4 is 18.1 Å². The van der Waals surface area contributed by atoms with Gasteiger partial charge in [-0.05, 0) is 66.7 Å². The molecule has 0 unspecified atom stereocenters. The Bertz CT molecular complexity index is 1280. The Labute approximate surface area is 190 Å². The second kappa shape index (κ2) is 10.1. The van der Waals surface area contributed by atoms with Crippen LogP contribution < -0.4 is 14.9 Å². The average Bonchev–Trinajstić information content (AvgIpc) is 3.40. The van der Waals surface area contributed by atoms with Gasteiger partial charge in [-0.3, -0.25) is 4.79 Å². The molecule has 1 aromatic heterocycles. The number of aromatic nitrogens is 1. The average molecular weight is 439 g/mol. The van der Waals surface area contributed by atoms with Crippen LogP contribution in [0.1, 0.15) is 26.3 Å². The van der Waals surface area contributed by atoms with Gasteiger partial charge >= 0.3 is 5.97 Å². The number of methoxy groups -OCH3 is 1. The van der Waals surface area contributed by atoms with E-state index >= 15 is 0 Å². The summed E-state index contributed by atoms with van der Waals surface area (Å²) in [4.78, 5) is 24.9. The zero-order valence-electron chi connectivity index (χ0n) is 17.8. The minimum absolute atomic E-state index is 0.319. The molecule has 4 aromatic rings. The first-order valence-corrected chi connectivity index (χ1v) is 10.2. The molecule has 0 aliphatic rings. The summed E-state index contributed by atoms with van der Waals surface area (Å²) in [5, 5.41) is 4.02. The molecule has 7 nitrogen and oxygen atoms in total. The number of carbonyl (C=O) groups excluding carboxylic acids is 2. The maximum atomic E-state index is 12.5. The van der Waals surface area contributed by atoms with Gasteiger partial charge < -0.3 is 14.0 Å². The third-order valence-electron chi connectivity index (χ3n) is 4.83. The summed E-state index contributed by atoms with van der Waals surface area (Å²) < 4.78 is 12.6. The fourth-order valence-corrected chi connectivity index (χ4v) is 3.11.